The number of carbonyl (C=O) groups is 2. The van der Waals surface area contributed by atoms with Gasteiger partial charge in [-0.3, -0.25) is 10.2 Å². The van der Waals surface area contributed by atoms with E-state index in [1.807, 2.05) is 22.6 Å². The van der Waals surface area contributed by atoms with Crippen molar-refractivity contribution in [3.63, 3.8) is 0 Å². The van der Waals surface area contributed by atoms with Crippen molar-refractivity contribution < 1.29 is 14.3 Å². The van der Waals surface area contributed by atoms with Crippen molar-refractivity contribution in [2.75, 3.05) is 6.61 Å². The monoisotopic (exact) mass is 368 g/mol. The molecule has 0 fully saturated rings. The van der Waals surface area contributed by atoms with Crippen LogP contribution in [0.25, 0.3) is 0 Å². The highest BCUT2D eigenvalue weighted by molar-refractivity contribution is 14.1. The normalized spacial score (nSPS) is 9.59. The van der Waals surface area contributed by atoms with Gasteiger partial charge in [0.15, 0.2) is 0 Å². The highest BCUT2D eigenvalue weighted by atomic mass is 127. The first-order chi connectivity index (χ1) is 8.04. The van der Waals surface area contributed by atoms with Crippen molar-refractivity contribution in [1.82, 2.24) is 10.9 Å². The Labute approximate surface area is 117 Å². The molecule has 0 heterocycles. The summed E-state index contributed by atoms with van der Waals surface area (Å²) in [6.45, 7) is 1.91. The number of halogens is 2. The minimum absolute atomic E-state index is 0.237. The van der Waals surface area contributed by atoms with Crippen molar-refractivity contribution >= 4 is 46.2 Å². The molecule has 0 atom stereocenters. The van der Waals surface area contributed by atoms with E-state index in [4.69, 9.17) is 11.6 Å². The van der Waals surface area contributed by atoms with Crippen LogP contribution in [0.15, 0.2) is 18.2 Å². The number of ether oxygens (including phenoxy) is 1. The molecule has 0 bridgehead atoms. The number of nitrogens with one attached hydrogen (secondary N) is 2. The predicted molar refractivity (Wildman–Crippen MR) is 71.8 cm³/mol. The SMILES string of the molecule is CCOC(=O)NNC(=O)c1ccc(Cl)c(I)c1. The molecule has 2 N–H and O–H groups in total. The minimum Gasteiger partial charge on any atom is -0.449 e. The van der Waals surface area contributed by atoms with E-state index in [1.165, 1.54) is 0 Å². The van der Waals surface area contributed by atoms with Crippen molar-refractivity contribution in [2.45, 2.75) is 6.92 Å². The van der Waals surface area contributed by atoms with E-state index in [-0.39, 0.29) is 6.61 Å². The largest absolute Gasteiger partial charge is 0.449 e. The van der Waals surface area contributed by atoms with E-state index in [2.05, 4.69) is 15.6 Å². The molecule has 7 heteroatoms. The second-order valence-corrected chi connectivity index (χ2v) is 4.50. The van der Waals surface area contributed by atoms with E-state index in [0.29, 0.717) is 10.6 Å². The lowest BCUT2D eigenvalue weighted by atomic mass is 10.2. The molecule has 1 aromatic carbocycles. The van der Waals surface area contributed by atoms with Gasteiger partial charge in [0, 0.05) is 9.13 Å². The van der Waals surface area contributed by atoms with Crippen LogP contribution in [0, 0.1) is 3.57 Å². The lowest BCUT2D eigenvalue weighted by Crippen LogP contribution is -2.41. The quantitative estimate of drug-likeness (QED) is 0.622. The summed E-state index contributed by atoms with van der Waals surface area (Å²) in [5.41, 5.74) is 4.74. The van der Waals surface area contributed by atoms with Crippen molar-refractivity contribution in [3.8, 4) is 0 Å². The third-order valence-electron chi connectivity index (χ3n) is 1.74. The van der Waals surface area contributed by atoms with Gasteiger partial charge in [0.1, 0.15) is 0 Å². The molecule has 0 aromatic heterocycles. The molecule has 0 saturated carbocycles. The average molecular weight is 369 g/mol. The summed E-state index contributed by atoms with van der Waals surface area (Å²) in [6.07, 6.45) is -0.704. The Bertz CT molecular complexity index is 440. The molecule has 17 heavy (non-hydrogen) atoms. The Morgan fingerprint density at radius 3 is 2.71 bits per heavy atom. The number of hydrogen-bond acceptors (Lipinski definition) is 3. The molecule has 0 unspecified atom stereocenters. The average Bonchev–Trinajstić information content (AvgIpc) is 2.30. The van der Waals surface area contributed by atoms with Gasteiger partial charge in [-0.25, -0.2) is 10.2 Å². The third kappa shape index (κ3) is 4.39. The smallest absolute Gasteiger partial charge is 0.426 e. The van der Waals surface area contributed by atoms with E-state index in [9.17, 15) is 9.59 Å². The summed E-state index contributed by atoms with van der Waals surface area (Å²) < 4.78 is 5.34. The Balaban J connectivity index is 2.58. The van der Waals surface area contributed by atoms with Crippen molar-refractivity contribution in [2.24, 2.45) is 0 Å². The Morgan fingerprint density at radius 1 is 1.41 bits per heavy atom. The van der Waals surface area contributed by atoms with Crippen LogP contribution < -0.4 is 10.9 Å². The second kappa shape index (κ2) is 6.65. The molecule has 0 aliphatic carbocycles. The van der Waals surface area contributed by atoms with Crippen LogP contribution in [-0.4, -0.2) is 18.6 Å². The van der Waals surface area contributed by atoms with Gasteiger partial charge >= 0.3 is 6.09 Å². The van der Waals surface area contributed by atoms with Gasteiger partial charge in [0.25, 0.3) is 5.91 Å². The fraction of sp³-hybridized carbons (Fsp3) is 0.200. The summed E-state index contributed by atoms with van der Waals surface area (Å²) >= 11 is 7.84. The molecule has 1 rings (SSSR count). The number of carbonyl (C=O) groups excluding carboxylic acids is 2. The maximum absolute atomic E-state index is 11.6. The molecule has 0 aliphatic heterocycles. The van der Waals surface area contributed by atoms with E-state index < -0.39 is 12.0 Å². The van der Waals surface area contributed by atoms with Crippen LogP contribution in [-0.2, 0) is 4.74 Å². The van der Waals surface area contributed by atoms with Crippen LogP contribution in [0.1, 0.15) is 17.3 Å². The zero-order valence-electron chi connectivity index (χ0n) is 8.92. The van der Waals surface area contributed by atoms with Gasteiger partial charge in [-0.1, -0.05) is 11.6 Å². The van der Waals surface area contributed by atoms with Gasteiger partial charge in [-0.05, 0) is 47.7 Å². The maximum atomic E-state index is 11.6. The fourth-order valence-electron chi connectivity index (χ4n) is 0.985. The summed E-state index contributed by atoms with van der Waals surface area (Å²) in [5, 5.41) is 0.570. The van der Waals surface area contributed by atoms with Crippen LogP contribution >= 0.6 is 34.2 Å². The fourth-order valence-corrected chi connectivity index (χ4v) is 1.62. The molecule has 2 amide bonds. The third-order valence-corrected chi connectivity index (χ3v) is 3.28. The number of rotatable bonds is 2. The number of amides is 2. The number of hydrazine groups is 1. The predicted octanol–water partition coefficient (Wildman–Crippen LogP) is 2.34. The van der Waals surface area contributed by atoms with Crippen LogP contribution in [0.4, 0.5) is 4.79 Å². The van der Waals surface area contributed by atoms with Crippen molar-refractivity contribution in [1.29, 1.82) is 0 Å². The lowest BCUT2D eigenvalue weighted by Gasteiger charge is -2.07. The van der Waals surface area contributed by atoms with Gasteiger partial charge in [-0.15, -0.1) is 0 Å². The topological polar surface area (TPSA) is 67.4 Å². The zero-order chi connectivity index (χ0) is 12.8. The molecule has 0 radical (unpaired) electrons. The first-order valence-corrected chi connectivity index (χ1v) is 6.18. The molecule has 92 valence electrons. The standard InChI is InChI=1S/C10H10ClIN2O3/c1-2-17-10(16)14-13-9(15)6-3-4-7(11)8(12)5-6/h3-5H,2H2,1H3,(H,13,15)(H,14,16). The molecule has 1 aromatic rings. The first-order valence-electron chi connectivity index (χ1n) is 4.72. The minimum atomic E-state index is -0.704. The van der Waals surface area contributed by atoms with E-state index in [0.717, 1.165) is 3.57 Å². The summed E-state index contributed by atoms with van der Waals surface area (Å²) in [7, 11) is 0. The summed E-state index contributed by atoms with van der Waals surface area (Å²) in [4.78, 5) is 22.5. The molecular formula is C10H10ClIN2O3. The van der Waals surface area contributed by atoms with Gasteiger partial charge in [-0.2, -0.15) is 0 Å². The summed E-state index contributed by atoms with van der Waals surface area (Å²) in [6, 6.07) is 4.79. The molecule has 0 spiro atoms. The number of benzene rings is 1. The Hall–Kier alpha value is -1.02. The van der Waals surface area contributed by atoms with Crippen LogP contribution in [0.2, 0.25) is 5.02 Å². The highest BCUT2D eigenvalue weighted by Gasteiger charge is 2.09. The Morgan fingerprint density at radius 2 is 2.12 bits per heavy atom. The van der Waals surface area contributed by atoms with Gasteiger partial charge < -0.3 is 4.74 Å². The maximum Gasteiger partial charge on any atom is 0.426 e. The zero-order valence-corrected chi connectivity index (χ0v) is 11.8. The molecule has 0 aliphatic rings. The Kier molecular flexibility index (Phi) is 5.49. The van der Waals surface area contributed by atoms with Crippen LogP contribution in [0.5, 0.6) is 0 Å². The van der Waals surface area contributed by atoms with Gasteiger partial charge in [0.05, 0.1) is 11.6 Å². The summed E-state index contributed by atoms with van der Waals surface area (Å²) in [5.74, 6) is -0.437. The highest BCUT2D eigenvalue weighted by Crippen LogP contribution is 2.19. The van der Waals surface area contributed by atoms with E-state index >= 15 is 0 Å². The second-order valence-electron chi connectivity index (χ2n) is 2.93. The van der Waals surface area contributed by atoms with Crippen molar-refractivity contribution in [3.05, 3.63) is 32.4 Å². The molecular weight excluding hydrogens is 358 g/mol. The lowest BCUT2D eigenvalue weighted by molar-refractivity contribution is 0.0912. The first kappa shape index (κ1) is 14.0. The van der Waals surface area contributed by atoms with Crippen LogP contribution in [0.3, 0.4) is 0 Å². The van der Waals surface area contributed by atoms with Gasteiger partial charge in [0.2, 0.25) is 0 Å². The number of hydrogen-bond donors (Lipinski definition) is 2. The van der Waals surface area contributed by atoms with E-state index in [1.54, 1.807) is 25.1 Å². The molecule has 5 nitrogen and oxygen atoms in total. The molecule has 0 saturated heterocycles.